The number of ether oxygens (including phenoxy) is 3. The molecule has 1 amide bonds. The molecule has 1 saturated heterocycles. The number of carbonyl (C=O) groups is 1. The Morgan fingerprint density at radius 2 is 1.91 bits per heavy atom. The van der Waals surface area contributed by atoms with E-state index in [9.17, 15) is 4.79 Å². The fraction of sp³-hybridized carbons (Fsp3) is 0.588. The number of amides is 1. The van der Waals surface area contributed by atoms with Crippen molar-refractivity contribution in [2.75, 3.05) is 40.5 Å². The lowest BCUT2D eigenvalue weighted by Crippen LogP contribution is -2.41. The van der Waals surface area contributed by atoms with E-state index < -0.39 is 0 Å². The molecule has 2 rings (SSSR count). The molecule has 1 aliphatic rings. The van der Waals surface area contributed by atoms with Gasteiger partial charge >= 0.3 is 0 Å². The molecule has 128 valence electrons. The van der Waals surface area contributed by atoms with Crippen molar-refractivity contribution in [2.24, 2.45) is 5.73 Å². The van der Waals surface area contributed by atoms with Crippen LogP contribution in [0.15, 0.2) is 18.2 Å². The Kier molecular flexibility index (Phi) is 6.67. The fourth-order valence-electron chi connectivity index (χ4n) is 2.71. The van der Waals surface area contributed by atoms with Crippen LogP contribution in [0.25, 0.3) is 0 Å². The quantitative estimate of drug-likeness (QED) is 0.773. The van der Waals surface area contributed by atoms with Crippen LogP contribution in [-0.2, 0) is 4.74 Å². The van der Waals surface area contributed by atoms with Crippen LogP contribution >= 0.6 is 0 Å². The standard InChI is InChI=1S/C17H26N2O4/c1-21-15-5-4-13(12-16(15)22-2)17(20)19-9-6-14(7-10-19)23-11-3-8-18/h4-5,12,14H,3,6-11,18H2,1-2H3. The van der Waals surface area contributed by atoms with Gasteiger partial charge in [-0.15, -0.1) is 0 Å². The molecule has 0 aromatic heterocycles. The van der Waals surface area contributed by atoms with E-state index in [0.717, 1.165) is 19.3 Å². The maximum atomic E-state index is 12.6. The normalized spacial score (nSPS) is 15.5. The summed E-state index contributed by atoms with van der Waals surface area (Å²) in [5.41, 5.74) is 6.08. The molecule has 1 fully saturated rings. The molecule has 1 aromatic rings. The zero-order chi connectivity index (χ0) is 16.7. The smallest absolute Gasteiger partial charge is 0.253 e. The van der Waals surface area contributed by atoms with Crippen LogP contribution in [0.2, 0.25) is 0 Å². The van der Waals surface area contributed by atoms with Crippen LogP contribution in [0.3, 0.4) is 0 Å². The Hall–Kier alpha value is -1.79. The third-order valence-corrected chi connectivity index (χ3v) is 4.06. The number of hydrogen-bond acceptors (Lipinski definition) is 5. The molecular formula is C17H26N2O4. The molecule has 2 N–H and O–H groups in total. The van der Waals surface area contributed by atoms with E-state index in [2.05, 4.69) is 0 Å². The molecule has 6 nitrogen and oxygen atoms in total. The molecule has 1 aromatic carbocycles. The van der Waals surface area contributed by atoms with Gasteiger partial charge in [0.05, 0.1) is 20.3 Å². The molecule has 1 aliphatic heterocycles. The van der Waals surface area contributed by atoms with Gasteiger partial charge in [-0.1, -0.05) is 0 Å². The van der Waals surface area contributed by atoms with Crippen molar-refractivity contribution in [2.45, 2.75) is 25.4 Å². The van der Waals surface area contributed by atoms with Crippen LogP contribution in [0.4, 0.5) is 0 Å². The summed E-state index contributed by atoms with van der Waals surface area (Å²) in [5, 5.41) is 0. The number of methoxy groups -OCH3 is 2. The van der Waals surface area contributed by atoms with Crippen LogP contribution < -0.4 is 15.2 Å². The van der Waals surface area contributed by atoms with Crippen molar-refractivity contribution >= 4 is 5.91 Å². The average molecular weight is 322 g/mol. The van der Waals surface area contributed by atoms with Crippen molar-refractivity contribution in [1.29, 1.82) is 0 Å². The molecule has 0 bridgehead atoms. The predicted molar refractivity (Wildman–Crippen MR) is 88.1 cm³/mol. The third-order valence-electron chi connectivity index (χ3n) is 4.06. The van der Waals surface area contributed by atoms with E-state index in [1.54, 1.807) is 32.4 Å². The monoisotopic (exact) mass is 322 g/mol. The van der Waals surface area contributed by atoms with Crippen LogP contribution in [0, 0.1) is 0 Å². The van der Waals surface area contributed by atoms with Crippen molar-refractivity contribution < 1.29 is 19.0 Å². The number of nitrogens with zero attached hydrogens (tertiary/aromatic N) is 1. The van der Waals surface area contributed by atoms with Gasteiger partial charge < -0.3 is 24.8 Å². The van der Waals surface area contributed by atoms with E-state index in [0.29, 0.717) is 43.3 Å². The van der Waals surface area contributed by atoms with E-state index in [1.165, 1.54) is 0 Å². The van der Waals surface area contributed by atoms with E-state index in [4.69, 9.17) is 19.9 Å². The zero-order valence-corrected chi connectivity index (χ0v) is 13.9. The average Bonchev–Trinajstić information content (AvgIpc) is 2.61. The number of rotatable bonds is 7. The minimum atomic E-state index is 0.0198. The van der Waals surface area contributed by atoms with Gasteiger partial charge in [-0.3, -0.25) is 4.79 Å². The Bertz CT molecular complexity index is 513. The summed E-state index contributed by atoms with van der Waals surface area (Å²) in [5.74, 6) is 1.21. The number of nitrogens with two attached hydrogens (primary N) is 1. The number of carbonyl (C=O) groups excluding carboxylic acids is 1. The summed E-state index contributed by atoms with van der Waals surface area (Å²) in [7, 11) is 3.14. The minimum Gasteiger partial charge on any atom is -0.493 e. The second kappa shape index (κ2) is 8.74. The first-order chi connectivity index (χ1) is 11.2. The second-order valence-corrected chi connectivity index (χ2v) is 5.57. The number of hydrogen-bond donors (Lipinski definition) is 1. The van der Waals surface area contributed by atoms with Gasteiger partial charge in [0.25, 0.3) is 5.91 Å². The zero-order valence-electron chi connectivity index (χ0n) is 13.9. The summed E-state index contributed by atoms with van der Waals surface area (Å²) in [6.07, 6.45) is 2.84. The Balaban J connectivity index is 1.92. The molecule has 6 heteroatoms. The number of likely N-dealkylation sites (tertiary alicyclic amines) is 1. The van der Waals surface area contributed by atoms with Crippen molar-refractivity contribution in [3.8, 4) is 11.5 Å². The van der Waals surface area contributed by atoms with Crippen LogP contribution in [-0.4, -0.2) is 57.4 Å². The summed E-state index contributed by atoms with van der Waals surface area (Å²) >= 11 is 0. The highest BCUT2D eigenvalue weighted by molar-refractivity contribution is 5.95. The van der Waals surface area contributed by atoms with E-state index in [1.807, 2.05) is 4.90 Å². The largest absolute Gasteiger partial charge is 0.493 e. The fourth-order valence-corrected chi connectivity index (χ4v) is 2.71. The van der Waals surface area contributed by atoms with Crippen LogP contribution in [0.5, 0.6) is 11.5 Å². The van der Waals surface area contributed by atoms with Gasteiger partial charge in [0.15, 0.2) is 11.5 Å². The van der Waals surface area contributed by atoms with Gasteiger partial charge in [-0.05, 0) is 44.0 Å². The van der Waals surface area contributed by atoms with Crippen molar-refractivity contribution in [3.05, 3.63) is 23.8 Å². The van der Waals surface area contributed by atoms with Crippen molar-refractivity contribution in [1.82, 2.24) is 4.90 Å². The Morgan fingerprint density at radius 1 is 1.22 bits per heavy atom. The Morgan fingerprint density at radius 3 is 2.52 bits per heavy atom. The van der Waals surface area contributed by atoms with Gasteiger partial charge in [0, 0.05) is 25.3 Å². The molecular weight excluding hydrogens is 296 g/mol. The number of benzene rings is 1. The Labute approximate surface area is 137 Å². The lowest BCUT2D eigenvalue weighted by Gasteiger charge is -2.32. The summed E-state index contributed by atoms with van der Waals surface area (Å²) in [6.45, 7) is 2.77. The molecule has 0 unspecified atom stereocenters. The summed E-state index contributed by atoms with van der Waals surface area (Å²) in [4.78, 5) is 14.5. The predicted octanol–water partition coefficient (Wildman–Crippen LogP) is 1.67. The van der Waals surface area contributed by atoms with E-state index in [-0.39, 0.29) is 12.0 Å². The number of piperidine rings is 1. The minimum absolute atomic E-state index is 0.0198. The van der Waals surface area contributed by atoms with Gasteiger partial charge in [0.1, 0.15) is 0 Å². The highest BCUT2D eigenvalue weighted by Gasteiger charge is 2.24. The first kappa shape index (κ1) is 17.6. The molecule has 0 spiro atoms. The van der Waals surface area contributed by atoms with Gasteiger partial charge in [-0.2, -0.15) is 0 Å². The maximum Gasteiger partial charge on any atom is 0.253 e. The highest BCUT2D eigenvalue weighted by Crippen LogP contribution is 2.28. The summed E-state index contributed by atoms with van der Waals surface area (Å²) < 4.78 is 16.2. The highest BCUT2D eigenvalue weighted by atomic mass is 16.5. The SMILES string of the molecule is COc1ccc(C(=O)N2CCC(OCCCN)CC2)cc1OC. The van der Waals surface area contributed by atoms with Crippen LogP contribution in [0.1, 0.15) is 29.6 Å². The molecule has 0 atom stereocenters. The molecule has 1 heterocycles. The second-order valence-electron chi connectivity index (χ2n) is 5.57. The van der Waals surface area contributed by atoms with Gasteiger partial charge in [0.2, 0.25) is 0 Å². The van der Waals surface area contributed by atoms with Gasteiger partial charge in [-0.25, -0.2) is 0 Å². The van der Waals surface area contributed by atoms with E-state index >= 15 is 0 Å². The maximum absolute atomic E-state index is 12.6. The third kappa shape index (κ3) is 4.59. The lowest BCUT2D eigenvalue weighted by molar-refractivity contribution is 0.00844. The lowest BCUT2D eigenvalue weighted by atomic mass is 10.1. The topological polar surface area (TPSA) is 74.0 Å². The van der Waals surface area contributed by atoms with Crippen molar-refractivity contribution in [3.63, 3.8) is 0 Å². The summed E-state index contributed by atoms with van der Waals surface area (Å²) in [6, 6.07) is 5.26. The first-order valence-corrected chi connectivity index (χ1v) is 8.02. The first-order valence-electron chi connectivity index (χ1n) is 8.02. The molecule has 0 radical (unpaired) electrons. The molecule has 0 saturated carbocycles. The molecule has 0 aliphatic carbocycles. The molecule has 23 heavy (non-hydrogen) atoms.